The van der Waals surface area contributed by atoms with Gasteiger partial charge in [0.1, 0.15) is 0 Å². The molecular formula is C21H24N2OS. The van der Waals surface area contributed by atoms with Crippen LogP contribution in [-0.4, -0.2) is 21.9 Å². The van der Waals surface area contributed by atoms with Crippen LogP contribution in [0.15, 0.2) is 66.2 Å². The van der Waals surface area contributed by atoms with Crippen LogP contribution in [0.1, 0.15) is 40.7 Å². The van der Waals surface area contributed by atoms with Crippen LogP contribution in [0.4, 0.5) is 0 Å². The molecule has 3 nitrogen and oxygen atoms in total. The van der Waals surface area contributed by atoms with Gasteiger partial charge in [0, 0.05) is 25.0 Å². The van der Waals surface area contributed by atoms with Crippen molar-refractivity contribution in [1.29, 1.82) is 0 Å². The van der Waals surface area contributed by atoms with Crippen molar-refractivity contribution in [3.8, 4) is 0 Å². The highest BCUT2D eigenvalue weighted by molar-refractivity contribution is 7.12. The van der Waals surface area contributed by atoms with Gasteiger partial charge in [-0.25, -0.2) is 0 Å². The van der Waals surface area contributed by atoms with E-state index in [2.05, 4.69) is 54.1 Å². The predicted octanol–water partition coefficient (Wildman–Crippen LogP) is 5.04. The third kappa shape index (κ3) is 4.60. The number of unbranched alkanes of at least 4 members (excludes halogenated alkanes) is 1. The Balaban J connectivity index is 1.76. The summed E-state index contributed by atoms with van der Waals surface area (Å²) in [5.74, 6) is 0.135. The van der Waals surface area contributed by atoms with Gasteiger partial charge in [-0.2, -0.15) is 0 Å². The maximum Gasteiger partial charge on any atom is 0.264 e. The number of carbonyl (C=O) groups is 1. The number of amides is 1. The van der Waals surface area contributed by atoms with Crippen molar-refractivity contribution < 1.29 is 4.79 Å². The van der Waals surface area contributed by atoms with Crippen LogP contribution in [0.25, 0.3) is 0 Å². The topological polar surface area (TPSA) is 25.2 Å². The average molecular weight is 353 g/mol. The molecule has 0 spiro atoms. The number of thiophene rings is 1. The lowest BCUT2D eigenvalue weighted by Crippen LogP contribution is -2.31. The second-order valence-electron chi connectivity index (χ2n) is 6.17. The van der Waals surface area contributed by atoms with E-state index < -0.39 is 0 Å². The summed E-state index contributed by atoms with van der Waals surface area (Å²) >= 11 is 1.51. The largest absolute Gasteiger partial charge is 0.345 e. The van der Waals surface area contributed by atoms with Crippen LogP contribution in [0.2, 0.25) is 0 Å². The first-order valence-electron chi connectivity index (χ1n) is 8.78. The maximum atomic E-state index is 12.8. The molecule has 1 amide bonds. The van der Waals surface area contributed by atoms with Crippen molar-refractivity contribution in [3.05, 3.63) is 82.3 Å². The number of rotatable bonds is 8. The van der Waals surface area contributed by atoms with Crippen LogP contribution in [0.5, 0.6) is 0 Å². The SMILES string of the molecule is CCCCN(Cc1cccn1Cc1ccccc1)C(=O)c1cccs1. The first-order valence-corrected chi connectivity index (χ1v) is 9.66. The summed E-state index contributed by atoms with van der Waals surface area (Å²) in [6.07, 6.45) is 4.20. The lowest BCUT2D eigenvalue weighted by Gasteiger charge is -2.23. The zero-order valence-corrected chi connectivity index (χ0v) is 15.4. The monoisotopic (exact) mass is 352 g/mol. The van der Waals surface area contributed by atoms with Crippen molar-refractivity contribution in [2.75, 3.05) is 6.54 Å². The maximum absolute atomic E-state index is 12.8. The minimum atomic E-state index is 0.135. The quantitative estimate of drug-likeness (QED) is 0.557. The van der Waals surface area contributed by atoms with Crippen LogP contribution < -0.4 is 0 Å². The molecule has 0 saturated heterocycles. The molecule has 0 aliphatic carbocycles. The highest BCUT2D eigenvalue weighted by Gasteiger charge is 2.18. The summed E-state index contributed by atoms with van der Waals surface area (Å²) in [5.41, 5.74) is 2.44. The number of nitrogens with zero attached hydrogens (tertiary/aromatic N) is 2. The summed E-state index contributed by atoms with van der Waals surface area (Å²) in [4.78, 5) is 15.6. The van der Waals surface area contributed by atoms with Crippen LogP contribution >= 0.6 is 11.3 Å². The lowest BCUT2D eigenvalue weighted by atomic mass is 10.2. The van der Waals surface area contributed by atoms with E-state index in [0.29, 0.717) is 6.54 Å². The number of hydrogen-bond acceptors (Lipinski definition) is 2. The van der Waals surface area contributed by atoms with Crippen LogP contribution in [0.3, 0.4) is 0 Å². The number of benzene rings is 1. The van der Waals surface area contributed by atoms with E-state index in [1.165, 1.54) is 22.6 Å². The molecule has 2 heterocycles. The second kappa shape index (κ2) is 8.67. The molecule has 4 heteroatoms. The second-order valence-corrected chi connectivity index (χ2v) is 7.12. The van der Waals surface area contributed by atoms with E-state index in [-0.39, 0.29) is 5.91 Å². The number of carbonyl (C=O) groups excluding carboxylic acids is 1. The fourth-order valence-corrected chi connectivity index (χ4v) is 3.57. The Morgan fingerprint density at radius 3 is 2.64 bits per heavy atom. The normalized spacial score (nSPS) is 10.8. The predicted molar refractivity (Wildman–Crippen MR) is 104 cm³/mol. The smallest absolute Gasteiger partial charge is 0.264 e. The van der Waals surface area contributed by atoms with E-state index in [4.69, 9.17) is 0 Å². The Labute approximate surface area is 153 Å². The molecule has 130 valence electrons. The van der Waals surface area contributed by atoms with Gasteiger partial charge in [-0.3, -0.25) is 4.79 Å². The minimum absolute atomic E-state index is 0.135. The summed E-state index contributed by atoms with van der Waals surface area (Å²) in [5, 5.41) is 1.96. The molecule has 0 fully saturated rings. The molecule has 3 aromatic rings. The third-order valence-corrected chi connectivity index (χ3v) is 5.13. The fraction of sp³-hybridized carbons (Fsp3) is 0.286. The molecule has 0 aliphatic heterocycles. The van der Waals surface area contributed by atoms with Gasteiger partial charge in [-0.05, 0) is 35.6 Å². The Bertz CT molecular complexity index is 777. The lowest BCUT2D eigenvalue weighted by molar-refractivity contribution is 0.0742. The van der Waals surface area contributed by atoms with Gasteiger partial charge in [0.2, 0.25) is 0 Å². The minimum Gasteiger partial charge on any atom is -0.345 e. The molecule has 0 radical (unpaired) electrons. The molecule has 25 heavy (non-hydrogen) atoms. The molecular weight excluding hydrogens is 328 g/mol. The highest BCUT2D eigenvalue weighted by atomic mass is 32.1. The Hall–Kier alpha value is -2.33. The molecule has 2 aromatic heterocycles. The summed E-state index contributed by atoms with van der Waals surface area (Å²) in [7, 11) is 0. The fourth-order valence-electron chi connectivity index (χ4n) is 2.88. The average Bonchev–Trinajstić information content (AvgIpc) is 3.31. The Kier molecular flexibility index (Phi) is 6.07. The molecule has 0 atom stereocenters. The van der Waals surface area contributed by atoms with E-state index in [1.807, 2.05) is 28.5 Å². The zero-order valence-electron chi connectivity index (χ0n) is 14.6. The molecule has 0 N–H and O–H groups in total. The molecule has 0 unspecified atom stereocenters. The van der Waals surface area contributed by atoms with Crippen LogP contribution in [-0.2, 0) is 13.1 Å². The van der Waals surface area contributed by atoms with Crippen molar-refractivity contribution in [3.63, 3.8) is 0 Å². The summed E-state index contributed by atoms with van der Waals surface area (Å²) < 4.78 is 2.23. The van der Waals surface area contributed by atoms with Crippen molar-refractivity contribution in [2.45, 2.75) is 32.9 Å². The summed E-state index contributed by atoms with van der Waals surface area (Å²) in [6.45, 7) is 4.43. The van der Waals surface area contributed by atoms with E-state index in [0.717, 1.165) is 30.8 Å². The Morgan fingerprint density at radius 2 is 1.92 bits per heavy atom. The zero-order chi connectivity index (χ0) is 17.5. The third-order valence-electron chi connectivity index (χ3n) is 4.27. The van der Waals surface area contributed by atoms with Gasteiger partial charge in [-0.15, -0.1) is 11.3 Å². The van der Waals surface area contributed by atoms with Crippen molar-refractivity contribution in [2.24, 2.45) is 0 Å². The van der Waals surface area contributed by atoms with E-state index in [9.17, 15) is 4.79 Å². The highest BCUT2D eigenvalue weighted by Crippen LogP contribution is 2.17. The van der Waals surface area contributed by atoms with Gasteiger partial charge < -0.3 is 9.47 Å². The van der Waals surface area contributed by atoms with E-state index >= 15 is 0 Å². The number of hydrogen-bond donors (Lipinski definition) is 0. The van der Waals surface area contributed by atoms with Crippen LogP contribution in [0, 0.1) is 0 Å². The van der Waals surface area contributed by atoms with Crippen molar-refractivity contribution >= 4 is 17.2 Å². The molecule has 1 aromatic carbocycles. The van der Waals surface area contributed by atoms with Gasteiger partial charge in [0.25, 0.3) is 5.91 Å². The molecule has 3 rings (SSSR count). The first-order chi connectivity index (χ1) is 12.3. The standard InChI is InChI=1S/C21H24N2OS/c1-2-3-13-23(21(24)20-12-8-15-25-20)17-19-11-7-14-22(19)16-18-9-5-4-6-10-18/h4-12,14-15H,2-3,13,16-17H2,1H3. The molecule has 0 bridgehead atoms. The van der Waals surface area contributed by atoms with Crippen molar-refractivity contribution in [1.82, 2.24) is 9.47 Å². The van der Waals surface area contributed by atoms with Gasteiger partial charge >= 0.3 is 0 Å². The summed E-state index contributed by atoms with van der Waals surface area (Å²) in [6, 6.07) is 18.5. The molecule has 0 saturated carbocycles. The first kappa shape index (κ1) is 17.5. The molecule has 0 aliphatic rings. The van der Waals surface area contributed by atoms with Gasteiger partial charge in [0.15, 0.2) is 0 Å². The number of aromatic nitrogens is 1. The van der Waals surface area contributed by atoms with Gasteiger partial charge in [0.05, 0.1) is 11.4 Å². The Morgan fingerprint density at radius 1 is 1.08 bits per heavy atom. The van der Waals surface area contributed by atoms with E-state index in [1.54, 1.807) is 0 Å². The van der Waals surface area contributed by atoms with Gasteiger partial charge in [-0.1, -0.05) is 49.7 Å².